The van der Waals surface area contributed by atoms with Crippen molar-refractivity contribution in [3.8, 4) is 11.5 Å². The van der Waals surface area contributed by atoms with Crippen LogP contribution in [0.25, 0.3) is 11.0 Å². The SMILES string of the molecule is COc1ccc(OC)c(CCCNc2ncnc3[nH]ncc23)c1. The Kier molecular flexibility index (Phi) is 4.56. The zero-order chi connectivity index (χ0) is 16.1. The average molecular weight is 313 g/mol. The molecule has 2 heterocycles. The molecule has 0 amide bonds. The van der Waals surface area contributed by atoms with Crippen molar-refractivity contribution in [2.24, 2.45) is 0 Å². The molecule has 2 N–H and O–H groups in total. The molecule has 3 aromatic rings. The van der Waals surface area contributed by atoms with E-state index in [1.54, 1.807) is 20.4 Å². The van der Waals surface area contributed by atoms with Gasteiger partial charge in [0.2, 0.25) is 0 Å². The fourth-order valence-corrected chi connectivity index (χ4v) is 2.47. The highest BCUT2D eigenvalue weighted by molar-refractivity contribution is 5.85. The van der Waals surface area contributed by atoms with Crippen LogP contribution in [-0.2, 0) is 6.42 Å². The normalized spacial score (nSPS) is 10.7. The molecule has 0 unspecified atom stereocenters. The third-order valence-corrected chi connectivity index (χ3v) is 3.65. The summed E-state index contributed by atoms with van der Waals surface area (Å²) in [4.78, 5) is 8.38. The smallest absolute Gasteiger partial charge is 0.160 e. The molecule has 120 valence electrons. The van der Waals surface area contributed by atoms with E-state index in [1.165, 1.54) is 6.33 Å². The molecule has 0 aliphatic heterocycles. The summed E-state index contributed by atoms with van der Waals surface area (Å²) in [5, 5.41) is 11.0. The van der Waals surface area contributed by atoms with Crippen molar-refractivity contribution >= 4 is 16.9 Å². The molecule has 0 bridgehead atoms. The van der Waals surface area contributed by atoms with Gasteiger partial charge in [-0.2, -0.15) is 5.10 Å². The number of fused-ring (bicyclic) bond motifs is 1. The lowest BCUT2D eigenvalue weighted by molar-refractivity contribution is 0.398. The predicted molar refractivity (Wildman–Crippen MR) is 88.0 cm³/mol. The summed E-state index contributed by atoms with van der Waals surface area (Å²) in [5.41, 5.74) is 1.86. The second kappa shape index (κ2) is 6.95. The van der Waals surface area contributed by atoms with E-state index >= 15 is 0 Å². The van der Waals surface area contributed by atoms with Gasteiger partial charge in [-0.15, -0.1) is 0 Å². The first-order valence-corrected chi connectivity index (χ1v) is 7.40. The first kappa shape index (κ1) is 15.1. The van der Waals surface area contributed by atoms with Gasteiger partial charge in [0, 0.05) is 6.54 Å². The highest BCUT2D eigenvalue weighted by Crippen LogP contribution is 2.25. The summed E-state index contributed by atoms with van der Waals surface area (Å²) in [6, 6.07) is 5.84. The van der Waals surface area contributed by atoms with Crippen molar-refractivity contribution in [2.45, 2.75) is 12.8 Å². The summed E-state index contributed by atoms with van der Waals surface area (Å²) >= 11 is 0. The summed E-state index contributed by atoms with van der Waals surface area (Å²) in [7, 11) is 3.35. The molecule has 0 aliphatic carbocycles. The van der Waals surface area contributed by atoms with Gasteiger partial charge in [-0.3, -0.25) is 5.10 Å². The third kappa shape index (κ3) is 3.33. The van der Waals surface area contributed by atoms with Gasteiger partial charge in [-0.25, -0.2) is 9.97 Å². The van der Waals surface area contributed by atoms with Gasteiger partial charge >= 0.3 is 0 Å². The Bertz CT molecular complexity index is 787. The maximum absolute atomic E-state index is 5.40. The van der Waals surface area contributed by atoms with E-state index in [9.17, 15) is 0 Å². The number of anilines is 1. The van der Waals surface area contributed by atoms with Gasteiger partial charge in [0.1, 0.15) is 23.6 Å². The maximum Gasteiger partial charge on any atom is 0.160 e. The second-order valence-corrected chi connectivity index (χ2v) is 5.06. The number of H-pyrrole nitrogens is 1. The van der Waals surface area contributed by atoms with E-state index in [4.69, 9.17) is 9.47 Å². The standard InChI is InChI=1S/C16H19N5O2/c1-22-12-5-6-14(23-2)11(8-12)4-3-7-17-15-13-9-20-21-16(13)19-10-18-15/h5-6,8-10H,3-4,7H2,1-2H3,(H2,17,18,19,20,21). The molecule has 0 saturated heterocycles. The minimum absolute atomic E-state index is 0.733. The number of rotatable bonds is 7. The van der Waals surface area contributed by atoms with Gasteiger partial charge in [-0.05, 0) is 36.6 Å². The van der Waals surface area contributed by atoms with E-state index in [1.807, 2.05) is 18.2 Å². The van der Waals surface area contributed by atoms with Crippen LogP contribution in [0.1, 0.15) is 12.0 Å². The molecule has 0 fully saturated rings. The molecule has 0 radical (unpaired) electrons. The van der Waals surface area contributed by atoms with E-state index in [0.717, 1.165) is 53.3 Å². The first-order valence-electron chi connectivity index (χ1n) is 7.40. The van der Waals surface area contributed by atoms with Gasteiger partial charge in [0.15, 0.2) is 5.65 Å². The van der Waals surface area contributed by atoms with Gasteiger partial charge in [0.05, 0.1) is 25.8 Å². The Morgan fingerprint density at radius 3 is 2.91 bits per heavy atom. The van der Waals surface area contributed by atoms with Crippen LogP contribution in [0.5, 0.6) is 11.5 Å². The lowest BCUT2D eigenvalue weighted by Crippen LogP contribution is -2.05. The Morgan fingerprint density at radius 1 is 1.17 bits per heavy atom. The van der Waals surface area contributed by atoms with Crippen LogP contribution in [0, 0.1) is 0 Å². The lowest BCUT2D eigenvalue weighted by atomic mass is 10.1. The number of methoxy groups -OCH3 is 2. The number of nitrogens with one attached hydrogen (secondary N) is 2. The number of aromatic nitrogens is 4. The quantitative estimate of drug-likeness (QED) is 0.652. The van der Waals surface area contributed by atoms with Crippen molar-refractivity contribution in [1.82, 2.24) is 20.2 Å². The van der Waals surface area contributed by atoms with E-state index in [2.05, 4.69) is 25.5 Å². The molecule has 2 aromatic heterocycles. The number of hydrogen-bond acceptors (Lipinski definition) is 6. The average Bonchev–Trinajstić information content (AvgIpc) is 3.08. The molecule has 0 saturated carbocycles. The molecular formula is C16H19N5O2. The van der Waals surface area contributed by atoms with Crippen LogP contribution in [-0.4, -0.2) is 40.9 Å². The minimum atomic E-state index is 0.733. The van der Waals surface area contributed by atoms with Crippen molar-refractivity contribution in [2.75, 3.05) is 26.1 Å². The Morgan fingerprint density at radius 2 is 2.09 bits per heavy atom. The minimum Gasteiger partial charge on any atom is -0.497 e. The zero-order valence-electron chi connectivity index (χ0n) is 13.2. The monoisotopic (exact) mass is 313 g/mol. The van der Waals surface area contributed by atoms with Crippen molar-refractivity contribution in [3.63, 3.8) is 0 Å². The van der Waals surface area contributed by atoms with Gasteiger partial charge < -0.3 is 14.8 Å². The Balaban J connectivity index is 1.60. The van der Waals surface area contributed by atoms with E-state index in [-0.39, 0.29) is 0 Å². The summed E-state index contributed by atoms with van der Waals surface area (Å²) < 4.78 is 10.7. The van der Waals surface area contributed by atoms with Crippen LogP contribution in [0.3, 0.4) is 0 Å². The molecule has 3 rings (SSSR count). The van der Waals surface area contributed by atoms with Crippen molar-refractivity contribution in [3.05, 3.63) is 36.3 Å². The molecule has 0 aliphatic rings. The summed E-state index contributed by atoms with van der Waals surface area (Å²) in [6.07, 6.45) is 5.07. The number of nitrogens with zero attached hydrogens (tertiary/aromatic N) is 3. The van der Waals surface area contributed by atoms with Gasteiger partial charge in [0.25, 0.3) is 0 Å². The van der Waals surface area contributed by atoms with Crippen LogP contribution >= 0.6 is 0 Å². The van der Waals surface area contributed by atoms with E-state index < -0.39 is 0 Å². The Labute approximate surface area is 134 Å². The van der Waals surface area contributed by atoms with Crippen LogP contribution in [0.15, 0.2) is 30.7 Å². The molecule has 0 spiro atoms. The zero-order valence-corrected chi connectivity index (χ0v) is 13.2. The fraction of sp³-hybridized carbons (Fsp3) is 0.312. The highest BCUT2D eigenvalue weighted by Gasteiger charge is 2.07. The highest BCUT2D eigenvalue weighted by atomic mass is 16.5. The number of aromatic amines is 1. The Hall–Kier alpha value is -2.83. The topological polar surface area (TPSA) is 85.0 Å². The second-order valence-electron chi connectivity index (χ2n) is 5.06. The van der Waals surface area contributed by atoms with Crippen LogP contribution < -0.4 is 14.8 Å². The molecule has 7 heteroatoms. The number of benzene rings is 1. The van der Waals surface area contributed by atoms with Crippen molar-refractivity contribution < 1.29 is 9.47 Å². The fourth-order valence-electron chi connectivity index (χ4n) is 2.47. The molecular weight excluding hydrogens is 294 g/mol. The number of ether oxygens (including phenoxy) is 2. The first-order chi connectivity index (χ1) is 11.3. The summed E-state index contributed by atoms with van der Waals surface area (Å²) in [6.45, 7) is 0.789. The largest absolute Gasteiger partial charge is 0.497 e. The van der Waals surface area contributed by atoms with Crippen LogP contribution in [0.4, 0.5) is 5.82 Å². The molecule has 23 heavy (non-hydrogen) atoms. The number of hydrogen-bond donors (Lipinski definition) is 2. The molecule has 1 aromatic carbocycles. The third-order valence-electron chi connectivity index (χ3n) is 3.65. The van der Waals surface area contributed by atoms with Crippen molar-refractivity contribution in [1.29, 1.82) is 0 Å². The summed E-state index contributed by atoms with van der Waals surface area (Å²) in [5.74, 6) is 2.51. The number of aryl methyl sites for hydroxylation is 1. The molecule has 0 atom stereocenters. The van der Waals surface area contributed by atoms with E-state index in [0.29, 0.717) is 0 Å². The van der Waals surface area contributed by atoms with Crippen LogP contribution in [0.2, 0.25) is 0 Å². The maximum atomic E-state index is 5.40. The predicted octanol–water partition coefficient (Wildman–Crippen LogP) is 2.41. The van der Waals surface area contributed by atoms with Gasteiger partial charge in [-0.1, -0.05) is 0 Å². The lowest BCUT2D eigenvalue weighted by Gasteiger charge is -2.11. The molecule has 7 nitrogen and oxygen atoms in total.